The maximum absolute atomic E-state index is 13.0. The number of likely N-dealkylation sites (tertiary alicyclic amines) is 1. The number of hydrogen-bond donors (Lipinski definition) is 0. The van der Waals surface area contributed by atoms with Gasteiger partial charge in [-0.1, -0.05) is 37.6 Å². The standard InChI is InChI=1S/C24H34N2O2/c1-6-7-14-26-15-8-9-20-21(17(2)25-22(20)23(26)27)19-12-10-18(11-13-19)16-28-24(3,4)5/h10-13,20H,6-9,14-16H2,1-5H3. The van der Waals surface area contributed by atoms with E-state index in [0.717, 1.165) is 50.2 Å². The molecular weight excluding hydrogens is 348 g/mol. The molecule has 0 aromatic heterocycles. The number of amides is 1. The molecule has 1 aromatic carbocycles. The van der Waals surface area contributed by atoms with Crippen molar-refractivity contribution in [2.24, 2.45) is 10.9 Å². The Bertz CT molecular complexity index is 769. The third-order valence-electron chi connectivity index (χ3n) is 5.50. The summed E-state index contributed by atoms with van der Waals surface area (Å²) in [6.45, 7) is 12.7. The summed E-state index contributed by atoms with van der Waals surface area (Å²) >= 11 is 0. The van der Waals surface area contributed by atoms with E-state index >= 15 is 0 Å². The van der Waals surface area contributed by atoms with Crippen molar-refractivity contribution in [2.45, 2.75) is 72.5 Å². The summed E-state index contributed by atoms with van der Waals surface area (Å²) in [5, 5.41) is 0. The fourth-order valence-electron chi connectivity index (χ4n) is 3.99. The van der Waals surface area contributed by atoms with Gasteiger partial charge >= 0.3 is 0 Å². The van der Waals surface area contributed by atoms with Crippen LogP contribution in [0.15, 0.2) is 35.0 Å². The molecule has 28 heavy (non-hydrogen) atoms. The van der Waals surface area contributed by atoms with Gasteiger partial charge in [0.05, 0.1) is 12.2 Å². The quantitative estimate of drug-likeness (QED) is 0.676. The van der Waals surface area contributed by atoms with Gasteiger partial charge in [0.2, 0.25) is 0 Å². The minimum absolute atomic E-state index is 0.135. The molecular formula is C24H34N2O2. The molecule has 0 radical (unpaired) electrons. The topological polar surface area (TPSA) is 41.9 Å². The fourth-order valence-corrected chi connectivity index (χ4v) is 3.99. The van der Waals surface area contributed by atoms with Crippen LogP contribution in [0.3, 0.4) is 0 Å². The number of rotatable bonds is 6. The monoisotopic (exact) mass is 382 g/mol. The Kier molecular flexibility index (Phi) is 6.39. The molecule has 0 saturated carbocycles. The highest BCUT2D eigenvalue weighted by Gasteiger charge is 2.37. The number of carbonyl (C=O) groups is 1. The largest absolute Gasteiger partial charge is 0.371 e. The van der Waals surface area contributed by atoms with E-state index in [-0.39, 0.29) is 17.4 Å². The van der Waals surface area contributed by atoms with Crippen LogP contribution in [-0.4, -0.2) is 35.2 Å². The van der Waals surface area contributed by atoms with Gasteiger partial charge in [-0.3, -0.25) is 9.79 Å². The second-order valence-electron chi connectivity index (χ2n) is 8.93. The van der Waals surface area contributed by atoms with Crippen LogP contribution in [0.5, 0.6) is 0 Å². The van der Waals surface area contributed by atoms with Gasteiger partial charge in [-0.15, -0.1) is 0 Å². The zero-order valence-electron chi connectivity index (χ0n) is 18.0. The summed E-state index contributed by atoms with van der Waals surface area (Å²) in [5.74, 6) is 0.274. The Balaban J connectivity index is 1.75. The van der Waals surface area contributed by atoms with Crippen LogP contribution in [0, 0.1) is 5.92 Å². The number of hydrogen-bond acceptors (Lipinski definition) is 3. The molecule has 1 unspecified atom stereocenters. The Morgan fingerprint density at radius 3 is 2.57 bits per heavy atom. The first-order chi connectivity index (χ1) is 13.3. The van der Waals surface area contributed by atoms with Crippen LogP contribution in [0.4, 0.5) is 0 Å². The molecule has 2 aliphatic heterocycles. The molecule has 1 saturated heterocycles. The van der Waals surface area contributed by atoms with E-state index in [9.17, 15) is 4.79 Å². The van der Waals surface area contributed by atoms with E-state index in [1.54, 1.807) is 0 Å². The molecule has 2 aliphatic rings. The normalized spacial score (nSPS) is 20.3. The first-order valence-electron chi connectivity index (χ1n) is 10.6. The Labute approximate surface area is 169 Å². The number of unbranched alkanes of at least 4 members (excludes halogenated alkanes) is 1. The Morgan fingerprint density at radius 1 is 1.21 bits per heavy atom. The van der Waals surface area contributed by atoms with Gasteiger partial charge in [0, 0.05) is 24.7 Å². The molecule has 0 N–H and O–H groups in total. The highest BCUT2D eigenvalue weighted by atomic mass is 16.5. The third-order valence-corrected chi connectivity index (χ3v) is 5.50. The van der Waals surface area contributed by atoms with Crippen LogP contribution in [0.1, 0.15) is 71.4 Å². The van der Waals surface area contributed by atoms with Crippen LogP contribution in [0.2, 0.25) is 0 Å². The summed E-state index contributed by atoms with van der Waals surface area (Å²) in [5.41, 5.74) is 5.17. The lowest BCUT2D eigenvalue weighted by Crippen LogP contribution is -2.37. The van der Waals surface area contributed by atoms with E-state index in [1.807, 2.05) is 11.8 Å². The molecule has 1 amide bonds. The molecule has 0 bridgehead atoms. The Morgan fingerprint density at radius 2 is 1.93 bits per heavy atom. The predicted octanol–water partition coefficient (Wildman–Crippen LogP) is 5.23. The highest BCUT2D eigenvalue weighted by molar-refractivity contribution is 6.43. The smallest absolute Gasteiger partial charge is 0.268 e. The molecule has 1 aromatic rings. The van der Waals surface area contributed by atoms with Crippen molar-refractivity contribution < 1.29 is 9.53 Å². The molecule has 1 fully saturated rings. The minimum Gasteiger partial charge on any atom is -0.371 e. The van der Waals surface area contributed by atoms with Crippen LogP contribution < -0.4 is 0 Å². The van der Waals surface area contributed by atoms with Crippen molar-refractivity contribution in [3.63, 3.8) is 0 Å². The summed E-state index contributed by atoms with van der Waals surface area (Å²) in [6.07, 6.45) is 4.19. The van der Waals surface area contributed by atoms with Crippen molar-refractivity contribution in [3.8, 4) is 0 Å². The Hall–Kier alpha value is -1.94. The van der Waals surface area contributed by atoms with Crippen molar-refractivity contribution in [1.82, 2.24) is 4.90 Å². The van der Waals surface area contributed by atoms with Gasteiger partial charge < -0.3 is 9.64 Å². The van der Waals surface area contributed by atoms with E-state index < -0.39 is 0 Å². The van der Waals surface area contributed by atoms with Gasteiger partial charge in [-0.05, 0) is 63.7 Å². The average molecular weight is 383 g/mol. The summed E-state index contributed by atoms with van der Waals surface area (Å²) < 4.78 is 5.88. The first kappa shape index (κ1) is 20.8. The number of benzene rings is 1. The molecule has 152 valence electrons. The third kappa shape index (κ3) is 4.72. The number of allylic oxidation sites excluding steroid dienone is 2. The lowest BCUT2D eigenvalue weighted by atomic mass is 9.86. The van der Waals surface area contributed by atoms with Crippen molar-refractivity contribution in [1.29, 1.82) is 0 Å². The van der Waals surface area contributed by atoms with E-state index in [1.165, 1.54) is 16.7 Å². The van der Waals surface area contributed by atoms with Gasteiger partial charge in [-0.2, -0.15) is 0 Å². The van der Waals surface area contributed by atoms with E-state index in [0.29, 0.717) is 6.61 Å². The van der Waals surface area contributed by atoms with Crippen molar-refractivity contribution in [3.05, 3.63) is 41.1 Å². The van der Waals surface area contributed by atoms with Crippen LogP contribution in [0.25, 0.3) is 5.57 Å². The van der Waals surface area contributed by atoms with E-state index in [2.05, 4.69) is 52.0 Å². The number of fused-ring (bicyclic) bond motifs is 1. The maximum atomic E-state index is 13.0. The summed E-state index contributed by atoms with van der Waals surface area (Å²) in [4.78, 5) is 19.8. The van der Waals surface area contributed by atoms with Crippen molar-refractivity contribution in [2.75, 3.05) is 13.1 Å². The molecule has 0 spiro atoms. The number of aliphatic imine (C=N–C) groups is 1. The van der Waals surface area contributed by atoms with Gasteiger partial charge in [0.15, 0.2) is 0 Å². The minimum atomic E-state index is -0.143. The first-order valence-corrected chi connectivity index (χ1v) is 10.6. The lowest BCUT2D eigenvalue weighted by molar-refractivity contribution is -0.124. The van der Waals surface area contributed by atoms with Gasteiger partial charge in [-0.25, -0.2) is 0 Å². The predicted molar refractivity (Wildman–Crippen MR) is 115 cm³/mol. The zero-order chi connectivity index (χ0) is 20.3. The number of carbonyl (C=O) groups excluding carboxylic acids is 1. The van der Waals surface area contributed by atoms with Crippen LogP contribution >= 0.6 is 0 Å². The summed E-state index contributed by atoms with van der Waals surface area (Å²) in [6, 6.07) is 8.57. The average Bonchev–Trinajstić information content (AvgIpc) is 2.90. The fraction of sp³-hybridized carbons (Fsp3) is 0.583. The number of nitrogens with zero attached hydrogens (tertiary/aromatic N) is 2. The molecule has 2 heterocycles. The maximum Gasteiger partial charge on any atom is 0.268 e. The second-order valence-corrected chi connectivity index (χ2v) is 8.93. The molecule has 3 rings (SSSR count). The SMILES string of the molecule is CCCCN1CCCC2C(=NC(C)=C2c2ccc(COC(C)(C)C)cc2)C1=O. The summed E-state index contributed by atoms with van der Waals surface area (Å²) in [7, 11) is 0. The van der Waals surface area contributed by atoms with E-state index in [4.69, 9.17) is 9.73 Å². The second kappa shape index (κ2) is 8.60. The molecule has 0 aliphatic carbocycles. The van der Waals surface area contributed by atoms with Gasteiger partial charge in [0.1, 0.15) is 5.71 Å². The van der Waals surface area contributed by atoms with Gasteiger partial charge in [0.25, 0.3) is 5.91 Å². The lowest BCUT2D eigenvalue weighted by Gasteiger charge is -2.20. The van der Waals surface area contributed by atoms with Crippen molar-refractivity contribution >= 4 is 17.2 Å². The highest BCUT2D eigenvalue weighted by Crippen LogP contribution is 2.39. The zero-order valence-corrected chi connectivity index (χ0v) is 18.0. The number of ether oxygens (including phenoxy) is 1. The molecule has 4 heteroatoms. The molecule has 4 nitrogen and oxygen atoms in total. The van der Waals surface area contributed by atoms with Crippen LogP contribution in [-0.2, 0) is 16.1 Å². The molecule has 1 atom stereocenters.